The fourth-order valence-corrected chi connectivity index (χ4v) is 4.45. The highest BCUT2D eigenvalue weighted by Crippen LogP contribution is 2.42. The average Bonchev–Trinajstić information content (AvgIpc) is 3.24. The molecule has 1 aromatic carbocycles. The lowest BCUT2D eigenvalue weighted by Gasteiger charge is -2.30. The molecule has 0 aromatic heterocycles. The number of carbonyl (C=O) groups is 2. The van der Waals surface area contributed by atoms with E-state index in [-0.39, 0.29) is 24.4 Å². The van der Waals surface area contributed by atoms with E-state index in [1.807, 2.05) is 23.1 Å². The zero-order valence-electron chi connectivity index (χ0n) is 13.4. The Hall–Kier alpha value is -1.89. The minimum absolute atomic E-state index is 0.000455. The first-order chi connectivity index (χ1) is 11.7. The number of amides is 2. The minimum Gasteiger partial charge on any atom is -0.486 e. The topological polar surface area (TPSA) is 59.1 Å². The van der Waals surface area contributed by atoms with Crippen LogP contribution in [0.15, 0.2) is 18.2 Å². The Labute approximate surface area is 145 Å². The quantitative estimate of drug-likeness (QED) is 0.831. The van der Waals surface area contributed by atoms with E-state index in [1.54, 1.807) is 16.7 Å². The van der Waals surface area contributed by atoms with Crippen molar-refractivity contribution < 1.29 is 19.1 Å². The van der Waals surface area contributed by atoms with Gasteiger partial charge in [-0.3, -0.25) is 9.59 Å². The molecule has 24 heavy (non-hydrogen) atoms. The third kappa shape index (κ3) is 2.81. The lowest BCUT2D eigenvalue weighted by atomic mass is 10.0. The third-order valence-corrected chi connectivity index (χ3v) is 5.63. The molecule has 1 aromatic rings. The summed E-state index contributed by atoms with van der Waals surface area (Å²) < 4.78 is 11.5. The van der Waals surface area contributed by atoms with Crippen LogP contribution < -0.4 is 9.47 Å². The van der Waals surface area contributed by atoms with E-state index in [0.717, 1.165) is 36.4 Å². The zero-order valence-corrected chi connectivity index (χ0v) is 14.2. The van der Waals surface area contributed by atoms with Gasteiger partial charge in [-0.15, -0.1) is 11.8 Å². The van der Waals surface area contributed by atoms with Crippen molar-refractivity contribution in [1.29, 1.82) is 0 Å². The van der Waals surface area contributed by atoms with Crippen molar-refractivity contribution in [3.63, 3.8) is 0 Å². The van der Waals surface area contributed by atoms with Gasteiger partial charge >= 0.3 is 0 Å². The van der Waals surface area contributed by atoms with Gasteiger partial charge in [-0.1, -0.05) is 12.1 Å². The van der Waals surface area contributed by atoms with E-state index in [9.17, 15) is 9.59 Å². The van der Waals surface area contributed by atoms with Crippen LogP contribution >= 0.6 is 11.8 Å². The molecule has 2 fully saturated rings. The maximum atomic E-state index is 12.7. The van der Waals surface area contributed by atoms with Crippen molar-refractivity contribution in [3.05, 3.63) is 23.8 Å². The lowest BCUT2D eigenvalue weighted by molar-refractivity contribution is -0.138. The summed E-state index contributed by atoms with van der Waals surface area (Å²) in [6, 6.07) is 5.86. The Balaban J connectivity index is 1.55. The molecule has 3 aliphatic heterocycles. The average molecular weight is 348 g/mol. The van der Waals surface area contributed by atoms with Crippen LogP contribution in [0.5, 0.6) is 11.5 Å². The monoisotopic (exact) mass is 348 g/mol. The Bertz CT molecular complexity index is 666. The molecule has 0 N–H and O–H groups in total. The summed E-state index contributed by atoms with van der Waals surface area (Å²) in [5.74, 6) is 2.68. The molecule has 4 rings (SSSR count). The van der Waals surface area contributed by atoms with Gasteiger partial charge in [0.05, 0.1) is 17.7 Å². The van der Waals surface area contributed by atoms with Crippen molar-refractivity contribution in [3.8, 4) is 11.5 Å². The number of hydrogen-bond acceptors (Lipinski definition) is 5. The Morgan fingerprint density at radius 2 is 2.17 bits per heavy atom. The van der Waals surface area contributed by atoms with Crippen LogP contribution in [0.3, 0.4) is 0 Å². The predicted octanol–water partition coefficient (Wildman–Crippen LogP) is 1.65. The molecule has 3 aliphatic rings. The van der Waals surface area contributed by atoms with E-state index < -0.39 is 0 Å². The van der Waals surface area contributed by atoms with Crippen LogP contribution in [0.2, 0.25) is 0 Å². The van der Waals surface area contributed by atoms with Crippen molar-refractivity contribution in [2.75, 3.05) is 37.9 Å². The largest absolute Gasteiger partial charge is 0.486 e. The normalized spacial score (nSPS) is 23.0. The van der Waals surface area contributed by atoms with Gasteiger partial charge in [0.25, 0.3) is 0 Å². The summed E-state index contributed by atoms with van der Waals surface area (Å²) in [7, 11) is 0. The van der Waals surface area contributed by atoms with Gasteiger partial charge in [0.15, 0.2) is 11.5 Å². The number of thioether (sulfide) groups is 1. The van der Waals surface area contributed by atoms with Gasteiger partial charge in [-0.05, 0) is 18.9 Å². The molecule has 3 heterocycles. The number of para-hydroxylation sites is 1. The number of benzene rings is 1. The lowest BCUT2D eigenvalue weighted by Crippen LogP contribution is -2.40. The summed E-state index contributed by atoms with van der Waals surface area (Å²) in [4.78, 5) is 28.0. The number of rotatable bonds is 3. The van der Waals surface area contributed by atoms with Crippen molar-refractivity contribution >= 4 is 23.6 Å². The first-order valence-electron chi connectivity index (χ1n) is 8.27. The Morgan fingerprint density at radius 1 is 1.29 bits per heavy atom. The zero-order chi connectivity index (χ0) is 16.5. The maximum Gasteiger partial charge on any atom is 0.242 e. The van der Waals surface area contributed by atoms with Crippen LogP contribution in [0, 0.1) is 0 Å². The molecule has 0 spiro atoms. The second kappa shape index (κ2) is 6.55. The van der Waals surface area contributed by atoms with Crippen molar-refractivity contribution in [1.82, 2.24) is 9.80 Å². The molecule has 1 unspecified atom stereocenters. The molecule has 0 bridgehead atoms. The molecule has 6 nitrogen and oxygen atoms in total. The highest BCUT2D eigenvalue weighted by Gasteiger charge is 2.35. The second-order valence-corrected chi connectivity index (χ2v) is 7.14. The van der Waals surface area contributed by atoms with Gasteiger partial charge in [0.1, 0.15) is 19.8 Å². The molecule has 7 heteroatoms. The first kappa shape index (κ1) is 15.6. The van der Waals surface area contributed by atoms with Gasteiger partial charge in [0, 0.05) is 12.1 Å². The summed E-state index contributed by atoms with van der Waals surface area (Å²) in [6.45, 7) is 1.99. The number of nitrogens with zero attached hydrogens (tertiary/aromatic N) is 2. The summed E-state index contributed by atoms with van der Waals surface area (Å²) in [5, 5.41) is 0. The minimum atomic E-state index is -0.000455. The third-order valence-electron chi connectivity index (χ3n) is 4.68. The van der Waals surface area contributed by atoms with Gasteiger partial charge in [-0.25, -0.2) is 0 Å². The fraction of sp³-hybridized carbons (Fsp3) is 0.529. The summed E-state index contributed by atoms with van der Waals surface area (Å²) >= 11 is 1.56. The molecule has 1 atom stereocenters. The molecule has 128 valence electrons. The van der Waals surface area contributed by atoms with Crippen LogP contribution in [0.1, 0.15) is 24.4 Å². The van der Waals surface area contributed by atoms with E-state index in [0.29, 0.717) is 24.8 Å². The molecule has 2 saturated heterocycles. The predicted molar refractivity (Wildman–Crippen MR) is 90.2 cm³/mol. The van der Waals surface area contributed by atoms with Crippen molar-refractivity contribution in [2.24, 2.45) is 0 Å². The number of carbonyl (C=O) groups excluding carboxylic acids is 2. The van der Waals surface area contributed by atoms with Gasteiger partial charge in [0.2, 0.25) is 11.8 Å². The molecule has 0 saturated carbocycles. The molecular formula is C17H20N2O4S. The maximum absolute atomic E-state index is 12.7. The molecule has 2 amide bonds. The molecular weight excluding hydrogens is 328 g/mol. The SMILES string of the molecule is O=C1CSCN1CC(=O)N1CCCC1c1cccc2c1OCCO2. The Kier molecular flexibility index (Phi) is 4.26. The number of hydrogen-bond donors (Lipinski definition) is 0. The second-order valence-electron chi connectivity index (χ2n) is 6.19. The van der Waals surface area contributed by atoms with E-state index in [1.165, 1.54) is 0 Å². The van der Waals surface area contributed by atoms with E-state index >= 15 is 0 Å². The smallest absolute Gasteiger partial charge is 0.242 e. The fourth-order valence-electron chi connectivity index (χ4n) is 3.54. The standard InChI is InChI=1S/C17H20N2O4S/c20-15(9-18-11-24-10-16(18)21)19-6-2-4-13(19)12-3-1-5-14-17(12)23-8-7-22-14/h1,3,5,13H,2,4,6-11H2. The highest BCUT2D eigenvalue weighted by molar-refractivity contribution is 8.00. The number of ether oxygens (including phenoxy) is 2. The van der Waals surface area contributed by atoms with Crippen LogP contribution in [-0.2, 0) is 9.59 Å². The van der Waals surface area contributed by atoms with Crippen LogP contribution in [-0.4, -0.2) is 59.5 Å². The van der Waals surface area contributed by atoms with E-state index in [4.69, 9.17) is 9.47 Å². The van der Waals surface area contributed by atoms with E-state index in [2.05, 4.69) is 0 Å². The highest BCUT2D eigenvalue weighted by atomic mass is 32.2. The van der Waals surface area contributed by atoms with Crippen LogP contribution in [0.4, 0.5) is 0 Å². The summed E-state index contributed by atoms with van der Waals surface area (Å²) in [6.07, 6.45) is 1.87. The van der Waals surface area contributed by atoms with Gasteiger partial charge in [-0.2, -0.15) is 0 Å². The van der Waals surface area contributed by atoms with Crippen molar-refractivity contribution in [2.45, 2.75) is 18.9 Å². The summed E-state index contributed by atoms with van der Waals surface area (Å²) in [5.41, 5.74) is 1.01. The first-order valence-corrected chi connectivity index (χ1v) is 9.43. The van der Waals surface area contributed by atoms with Crippen LogP contribution in [0.25, 0.3) is 0 Å². The number of likely N-dealkylation sites (tertiary alicyclic amines) is 1. The Morgan fingerprint density at radius 3 is 3.00 bits per heavy atom. The van der Waals surface area contributed by atoms with Gasteiger partial charge < -0.3 is 19.3 Å². The molecule has 0 aliphatic carbocycles. The molecule has 0 radical (unpaired) electrons. The number of fused-ring (bicyclic) bond motifs is 1.